The van der Waals surface area contributed by atoms with Gasteiger partial charge in [-0.2, -0.15) is 5.26 Å². The second-order valence-corrected chi connectivity index (χ2v) is 4.96. The van der Waals surface area contributed by atoms with E-state index in [9.17, 15) is 0 Å². The zero-order valence-corrected chi connectivity index (χ0v) is 12.0. The molecule has 3 N–H and O–H groups in total. The highest BCUT2D eigenvalue weighted by Crippen LogP contribution is 2.27. The first kappa shape index (κ1) is 13.4. The first-order valence-electron chi connectivity index (χ1n) is 5.75. The lowest BCUT2D eigenvalue weighted by atomic mass is 10.1. The molecule has 1 heterocycles. The maximum Gasteiger partial charge on any atom is 0.140 e. The molecule has 0 radical (unpaired) electrons. The molecule has 5 heteroatoms. The molecule has 4 nitrogen and oxygen atoms in total. The Balaban J connectivity index is 2.15. The van der Waals surface area contributed by atoms with Gasteiger partial charge in [0.05, 0.1) is 28.0 Å². The van der Waals surface area contributed by atoms with E-state index in [2.05, 4.69) is 32.3 Å². The van der Waals surface area contributed by atoms with Crippen LogP contribution in [0.4, 0.5) is 11.5 Å². The standard InChI is InChI=1S/C14H13BrN4/c1-9-12(17)8-19-14(13(9)15)18-7-11-4-2-3-10(5-11)6-16/h2-5,8H,7,17H2,1H3,(H,18,19). The van der Waals surface area contributed by atoms with Gasteiger partial charge in [-0.3, -0.25) is 0 Å². The summed E-state index contributed by atoms with van der Waals surface area (Å²) in [6, 6.07) is 9.59. The fraction of sp³-hybridized carbons (Fsp3) is 0.143. The number of nitrogen functional groups attached to an aromatic ring is 1. The number of nitriles is 1. The summed E-state index contributed by atoms with van der Waals surface area (Å²) >= 11 is 3.48. The van der Waals surface area contributed by atoms with Crippen LogP contribution in [0.25, 0.3) is 0 Å². The first-order valence-corrected chi connectivity index (χ1v) is 6.54. The minimum Gasteiger partial charge on any atom is -0.397 e. The highest BCUT2D eigenvalue weighted by Gasteiger charge is 2.07. The van der Waals surface area contributed by atoms with E-state index in [1.807, 2.05) is 25.1 Å². The lowest BCUT2D eigenvalue weighted by Gasteiger charge is -2.11. The monoisotopic (exact) mass is 316 g/mol. The molecule has 0 aliphatic rings. The van der Waals surface area contributed by atoms with Crippen molar-refractivity contribution >= 4 is 27.4 Å². The van der Waals surface area contributed by atoms with Crippen molar-refractivity contribution in [2.24, 2.45) is 0 Å². The van der Waals surface area contributed by atoms with E-state index < -0.39 is 0 Å². The molecule has 2 aromatic rings. The van der Waals surface area contributed by atoms with E-state index in [1.165, 1.54) is 0 Å². The molecule has 2 rings (SSSR count). The maximum absolute atomic E-state index is 8.85. The number of benzene rings is 1. The van der Waals surface area contributed by atoms with Gasteiger partial charge in [-0.1, -0.05) is 12.1 Å². The zero-order valence-electron chi connectivity index (χ0n) is 10.4. The van der Waals surface area contributed by atoms with Crippen LogP contribution in [0, 0.1) is 18.3 Å². The molecule has 0 saturated heterocycles. The molecule has 1 aromatic heterocycles. The number of hydrogen-bond donors (Lipinski definition) is 2. The zero-order chi connectivity index (χ0) is 13.8. The van der Waals surface area contributed by atoms with E-state index in [0.29, 0.717) is 17.8 Å². The Kier molecular flexibility index (Phi) is 4.03. The Hall–Kier alpha value is -2.06. The number of nitrogens with zero attached hydrogens (tertiary/aromatic N) is 2. The van der Waals surface area contributed by atoms with Crippen LogP contribution in [0.1, 0.15) is 16.7 Å². The fourth-order valence-electron chi connectivity index (χ4n) is 1.65. The van der Waals surface area contributed by atoms with Gasteiger partial charge in [-0.15, -0.1) is 0 Å². The normalized spacial score (nSPS) is 9.95. The fourth-order valence-corrected chi connectivity index (χ4v) is 2.12. The van der Waals surface area contributed by atoms with E-state index in [0.717, 1.165) is 21.4 Å². The largest absolute Gasteiger partial charge is 0.397 e. The van der Waals surface area contributed by atoms with Gasteiger partial charge in [0.15, 0.2) is 0 Å². The molecule has 96 valence electrons. The molecule has 0 aliphatic heterocycles. The third kappa shape index (κ3) is 3.04. The van der Waals surface area contributed by atoms with E-state index in [1.54, 1.807) is 12.3 Å². The number of hydrogen-bond acceptors (Lipinski definition) is 4. The predicted octanol–water partition coefficient (Wildman–Crippen LogP) is 3.22. The number of nitrogens with one attached hydrogen (secondary N) is 1. The second kappa shape index (κ2) is 5.72. The van der Waals surface area contributed by atoms with Crippen molar-refractivity contribution in [3.05, 3.63) is 51.6 Å². The summed E-state index contributed by atoms with van der Waals surface area (Å²) in [6.07, 6.45) is 1.63. The number of anilines is 2. The van der Waals surface area contributed by atoms with E-state index in [-0.39, 0.29) is 0 Å². The lowest BCUT2D eigenvalue weighted by molar-refractivity contribution is 1.10. The summed E-state index contributed by atoms with van der Waals surface area (Å²) in [5.74, 6) is 0.745. The van der Waals surface area contributed by atoms with E-state index >= 15 is 0 Å². The molecule has 0 amide bonds. The van der Waals surface area contributed by atoms with Gasteiger partial charge in [0.25, 0.3) is 0 Å². The molecular formula is C14H13BrN4. The van der Waals surface area contributed by atoms with Crippen LogP contribution in [-0.2, 0) is 6.54 Å². The molecule has 0 fully saturated rings. The minimum atomic E-state index is 0.602. The number of aromatic nitrogens is 1. The summed E-state index contributed by atoms with van der Waals surface area (Å²) in [6.45, 7) is 2.53. The third-order valence-corrected chi connectivity index (χ3v) is 3.79. The molecule has 0 unspecified atom stereocenters. The van der Waals surface area contributed by atoms with Crippen LogP contribution < -0.4 is 11.1 Å². The molecule has 0 spiro atoms. The Morgan fingerprint density at radius 3 is 3.00 bits per heavy atom. The minimum absolute atomic E-state index is 0.602. The molecule has 19 heavy (non-hydrogen) atoms. The van der Waals surface area contributed by atoms with Gasteiger partial charge >= 0.3 is 0 Å². The molecule has 0 aliphatic carbocycles. The van der Waals surface area contributed by atoms with Crippen molar-refractivity contribution < 1.29 is 0 Å². The molecule has 0 saturated carbocycles. The molecule has 1 aromatic carbocycles. The summed E-state index contributed by atoms with van der Waals surface area (Å²) in [4.78, 5) is 4.25. The highest BCUT2D eigenvalue weighted by molar-refractivity contribution is 9.10. The van der Waals surface area contributed by atoms with Crippen molar-refractivity contribution in [1.82, 2.24) is 4.98 Å². The van der Waals surface area contributed by atoms with E-state index in [4.69, 9.17) is 11.0 Å². The number of nitrogens with two attached hydrogens (primary N) is 1. The predicted molar refractivity (Wildman–Crippen MR) is 79.6 cm³/mol. The van der Waals surface area contributed by atoms with Crippen molar-refractivity contribution in [2.45, 2.75) is 13.5 Å². The second-order valence-electron chi connectivity index (χ2n) is 4.17. The first-order chi connectivity index (χ1) is 9.11. The van der Waals surface area contributed by atoms with Crippen molar-refractivity contribution in [3.63, 3.8) is 0 Å². The van der Waals surface area contributed by atoms with Crippen LogP contribution in [0.15, 0.2) is 34.9 Å². The van der Waals surface area contributed by atoms with Gasteiger partial charge in [-0.25, -0.2) is 4.98 Å². The summed E-state index contributed by atoms with van der Waals surface area (Å²) in [5.41, 5.74) is 9.08. The maximum atomic E-state index is 8.85. The Morgan fingerprint density at radius 2 is 2.26 bits per heavy atom. The summed E-state index contributed by atoms with van der Waals surface area (Å²) in [7, 11) is 0. The van der Waals surface area contributed by atoms with Gasteiger partial charge in [0, 0.05) is 6.54 Å². The van der Waals surface area contributed by atoms with Crippen molar-refractivity contribution in [2.75, 3.05) is 11.1 Å². The van der Waals surface area contributed by atoms with Crippen LogP contribution in [0.5, 0.6) is 0 Å². The Morgan fingerprint density at radius 1 is 1.47 bits per heavy atom. The molecular weight excluding hydrogens is 304 g/mol. The smallest absolute Gasteiger partial charge is 0.140 e. The van der Waals surface area contributed by atoms with Crippen LogP contribution in [0.2, 0.25) is 0 Å². The van der Waals surface area contributed by atoms with Crippen LogP contribution >= 0.6 is 15.9 Å². The summed E-state index contributed by atoms with van der Waals surface area (Å²) < 4.78 is 0.865. The lowest BCUT2D eigenvalue weighted by Crippen LogP contribution is -2.04. The number of pyridine rings is 1. The summed E-state index contributed by atoms with van der Waals surface area (Å²) in [5, 5.41) is 12.1. The third-order valence-electron chi connectivity index (χ3n) is 2.82. The van der Waals surface area contributed by atoms with Gasteiger partial charge in [0.2, 0.25) is 0 Å². The van der Waals surface area contributed by atoms with Crippen molar-refractivity contribution in [3.8, 4) is 6.07 Å². The van der Waals surface area contributed by atoms with Gasteiger partial charge in [0.1, 0.15) is 5.82 Å². The van der Waals surface area contributed by atoms with Gasteiger partial charge < -0.3 is 11.1 Å². The van der Waals surface area contributed by atoms with Crippen LogP contribution in [0.3, 0.4) is 0 Å². The Bertz CT molecular complexity index is 646. The quantitative estimate of drug-likeness (QED) is 0.911. The topological polar surface area (TPSA) is 74.7 Å². The van der Waals surface area contributed by atoms with Crippen molar-refractivity contribution in [1.29, 1.82) is 5.26 Å². The number of rotatable bonds is 3. The molecule has 0 bridgehead atoms. The molecule has 0 atom stereocenters. The average Bonchev–Trinajstić information content (AvgIpc) is 2.44. The van der Waals surface area contributed by atoms with Gasteiger partial charge in [-0.05, 0) is 46.1 Å². The Labute approximate surface area is 120 Å². The highest BCUT2D eigenvalue weighted by atomic mass is 79.9. The van der Waals surface area contributed by atoms with Crippen LogP contribution in [-0.4, -0.2) is 4.98 Å². The average molecular weight is 317 g/mol. The number of halogens is 1. The SMILES string of the molecule is Cc1c(N)cnc(NCc2cccc(C#N)c2)c1Br.